The van der Waals surface area contributed by atoms with Gasteiger partial charge < -0.3 is 14.7 Å². The van der Waals surface area contributed by atoms with Crippen LogP contribution in [0.2, 0.25) is 0 Å². The number of aromatic nitrogens is 1. The zero-order valence-corrected chi connectivity index (χ0v) is 8.74. The van der Waals surface area contributed by atoms with Crippen molar-refractivity contribution in [2.24, 2.45) is 7.05 Å². The monoisotopic (exact) mass is 200 g/mol. The van der Waals surface area contributed by atoms with Gasteiger partial charge >= 0.3 is 0 Å². The summed E-state index contributed by atoms with van der Waals surface area (Å²) < 4.78 is 7.76. The first kappa shape index (κ1) is 8.41. The molecule has 2 N–H and O–H groups in total. The average molecular weight is 200 g/mol. The standard InChI is InChI=1S/C12H12N2O/c1-7-11(13)10-8-5-3-4-6-9(8)15-12(10)14(7)2/h3-6H,13H2,1-2H3. The van der Waals surface area contributed by atoms with Crippen molar-refractivity contribution in [1.29, 1.82) is 0 Å². The van der Waals surface area contributed by atoms with Gasteiger partial charge in [0.05, 0.1) is 11.1 Å². The van der Waals surface area contributed by atoms with E-state index in [4.69, 9.17) is 10.2 Å². The molecule has 0 atom stereocenters. The van der Waals surface area contributed by atoms with Crippen molar-refractivity contribution in [2.45, 2.75) is 6.92 Å². The molecule has 0 aliphatic rings. The molecule has 0 unspecified atom stereocenters. The molecule has 0 amide bonds. The van der Waals surface area contributed by atoms with Crippen LogP contribution in [0.4, 0.5) is 5.69 Å². The minimum atomic E-state index is 0.817. The van der Waals surface area contributed by atoms with Gasteiger partial charge in [0, 0.05) is 18.1 Å². The van der Waals surface area contributed by atoms with Gasteiger partial charge in [-0.2, -0.15) is 0 Å². The van der Waals surface area contributed by atoms with Crippen molar-refractivity contribution in [1.82, 2.24) is 4.57 Å². The molecule has 0 aliphatic carbocycles. The van der Waals surface area contributed by atoms with Crippen molar-refractivity contribution >= 4 is 27.8 Å². The van der Waals surface area contributed by atoms with Gasteiger partial charge in [0.2, 0.25) is 5.71 Å². The molecule has 3 nitrogen and oxygen atoms in total. The number of benzene rings is 1. The Kier molecular flexibility index (Phi) is 1.44. The number of para-hydroxylation sites is 1. The Hall–Kier alpha value is -1.90. The van der Waals surface area contributed by atoms with Crippen LogP contribution in [0.15, 0.2) is 28.7 Å². The second-order valence-corrected chi connectivity index (χ2v) is 3.84. The normalized spacial score (nSPS) is 11.6. The Morgan fingerprint density at radius 3 is 2.80 bits per heavy atom. The van der Waals surface area contributed by atoms with Crippen molar-refractivity contribution < 1.29 is 4.42 Å². The first-order chi connectivity index (χ1) is 7.20. The number of anilines is 1. The number of aryl methyl sites for hydroxylation is 1. The first-order valence-electron chi connectivity index (χ1n) is 4.92. The van der Waals surface area contributed by atoms with E-state index in [1.807, 2.05) is 42.8 Å². The summed E-state index contributed by atoms with van der Waals surface area (Å²) in [6, 6.07) is 7.97. The first-order valence-corrected chi connectivity index (χ1v) is 4.92. The molecule has 0 aliphatic heterocycles. The van der Waals surface area contributed by atoms with Gasteiger partial charge in [0.15, 0.2) is 0 Å². The van der Waals surface area contributed by atoms with E-state index in [0.717, 1.165) is 33.5 Å². The van der Waals surface area contributed by atoms with Crippen LogP contribution in [0, 0.1) is 6.92 Å². The average Bonchev–Trinajstić information content (AvgIpc) is 2.72. The molecule has 3 heteroatoms. The van der Waals surface area contributed by atoms with Gasteiger partial charge in [-0.1, -0.05) is 18.2 Å². The molecular weight excluding hydrogens is 188 g/mol. The molecule has 0 saturated carbocycles. The molecule has 1 aromatic carbocycles. The topological polar surface area (TPSA) is 44.1 Å². The van der Waals surface area contributed by atoms with E-state index < -0.39 is 0 Å². The quantitative estimate of drug-likeness (QED) is 0.606. The predicted molar refractivity (Wildman–Crippen MR) is 61.8 cm³/mol. The maximum absolute atomic E-state index is 6.07. The Morgan fingerprint density at radius 1 is 1.27 bits per heavy atom. The second kappa shape index (κ2) is 2.57. The van der Waals surface area contributed by atoms with Crippen molar-refractivity contribution in [3.63, 3.8) is 0 Å². The van der Waals surface area contributed by atoms with Crippen molar-refractivity contribution in [3.8, 4) is 0 Å². The van der Waals surface area contributed by atoms with Gasteiger partial charge in [-0.25, -0.2) is 0 Å². The molecule has 76 valence electrons. The fourth-order valence-corrected chi connectivity index (χ4v) is 2.04. The lowest BCUT2D eigenvalue weighted by atomic mass is 10.2. The largest absolute Gasteiger partial charge is 0.439 e. The molecule has 0 saturated heterocycles. The smallest absolute Gasteiger partial charge is 0.210 e. The van der Waals surface area contributed by atoms with Gasteiger partial charge in [-0.05, 0) is 13.0 Å². The molecule has 0 fully saturated rings. The van der Waals surface area contributed by atoms with E-state index in [-0.39, 0.29) is 0 Å². The fraction of sp³-hybridized carbons (Fsp3) is 0.167. The van der Waals surface area contributed by atoms with Crippen LogP contribution >= 0.6 is 0 Å². The van der Waals surface area contributed by atoms with Gasteiger partial charge in [-0.15, -0.1) is 0 Å². The van der Waals surface area contributed by atoms with E-state index in [2.05, 4.69) is 0 Å². The van der Waals surface area contributed by atoms with Gasteiger partial charge in [-0.3, -0.25) is 0 Å². The molecule has 0 bridgehead atoms. The van der Waals surface area contributed by atoms with E-state index in [9.17, 15) is 0 Å². The summed E-state index contributed by atoms with van der Waals surface area (Å²) in [6.45, 7) is 2.00. The third kappa shape index (κ3) is 0.897. The van der Waals surface area contributed by atoms with Crippen LogP contribution in [0.1, 0.15) is 5.69 Å². The van der Waals surface area contributed by atoms with Crippen LogP contribution in [0.5, 0.6) is 0 Å². The van der Waals surface area contributed by atoms with Crippen LogP contribution in [0.25, 0.3) is 22.1 Å². The summed E-state index contributed by atoms with van der Waals surface area (Å²) in [7, 11) is 1.97. The highest BCUT2D eigenvalue weighted by molar-refractivity contribution is 6.11. The molecule has 0 spiro atoms. The number of hydrogen-bond donors (Lipinski definition) is 1. The molecule has 3 rings (SSSR count). The number of hydrogen-bond acceptors (Lipinski definition) is 2. The number of fused-ring (bicyclic) bond motifs is 3. The van der Waals surface area contributed by atoms with Crippen LogP contribution in [0.3, 0.4) is 0 Å². The SMILES string of the molecule is Cc1c(N)c2c3ccccc3oc2n1C. The van der Waals surface area contributed by atoms with Gasteiger partial charge in [0.25, 0.3) is 0 Å². The highest BCUT2D eigenvalue weighted by atomic mass is 16.3. The lowest BCUT2D eigenvalue weighted by Crippen LogP contribution is -1.92. The number of rotatable bonds is 0. The van der Waals surface area contributed by atoms with Crippen molar-refractivity contribution in [2.75, 3.05) is 5.73 Å². The molecule has 15 heavy (non-hydrogen) atoms. The maximum Gasteiger partial charge on any atom is 0.210 e. The molecule has 2 aromatic heterocycles. The summed E-state index contributed by atoms with van der Waals surface area (Å²) in [4.78, 5) is 0. The van der Waals surface area contributed by atoms with Crippen LogP contribution < -0.4 is 5.73 Å². The number of furan rings is 1. The zero-order chi connectivity index (χ0) is 10.6. The molecule has 3 aromatic rings. The minimum Gasteiger partial charge on any atom is -0.439 e. The van der Waals surface area contributed by atoms with E-state index >= 15 is 0 Å². The number of nitrogen functional groups attached to an aromatic ring is 1. The highest BCUT2D eigenvalue weighted by Crippen LogP contribution is 2.35. The molecule has 2 heterocycles. The zero-order valence-electron chi connectivity index (χ0n) is 8.74. The van der Waals surface area contributed by atoms with Crippen LogP contribution in [-0.2, 0) is 7.05 Å². The summed E-state index contributed by atoms with van der Waals surface area (Å²) in [6.07, 6.45) is 0. The Labute approximate surface area is 87.1 Å². The molecular formula is C12H12N2O. The Morgan fingerprint density at radius 2 is 2.00 bits per heavy atom. The summed E-state index contributed by atoms with van der Waals surface area (Å²) in [5, 5.41) is 2.12. The minimum absolute atomic E-state index is 0.817. The van der Waals surface area contributed by atoms with Crippen molar-refractivity contribution in [3.05, 3.63) is 30.0 Å². The second-order valence-electron chi connectivity index (χ2n) is 3.84. The Balaban J connectivity index is 2.65. The third-order valence-corrected chi connectivity index (χ3v) is 3.04. The van der Waals surface area contributed by atoms with E-state index in [0.29, 0.717) is 0 Å². The number of nitrogens with two attached hydrogens (primary N) is 1. The lowest BCUT2D eigenvalue weighted by Gasteiger charge is -1.96. The van der Waals surface area contributed by atoms with Crippen LogP contribution in [-0.4, -0.2) is 4.57 Å². The molecule has 0 radical (unpaired) electrons. The van der Waals surface area contributed by atoms with Gasteiger partial charge in [0.1, 0.15) is 5.58 Å². The van der Waals surface area contributed by atoms with E-state index in [1.54, 1.807) is 0 Å². The predicted octanol–water partition coefficient (Wildman–Crippen LogP) is 2.82. The third-order valence-electron chi connectivity index (χ3n) is 3.04. The number of nitrogens with zero attached hydrogens (tertiary/aromatic N) is 1. The lowest BCUT2D eigenvalue weighted by molar-refractivity contribution is 0.626. The fourth-order valence-electron chi connectivity index (χ4n) is 2.04. The van der Waals surface area contributed by atoms with E-state index in [1.165, 1.54) is 0 Å². The summed E-state index contributed by atoms with van der Waals surface area (Å²) in [5.41, 5.74) is 9.68. The maximum atomic E-state index is 6.07. The Bertz CT molecular complexity index is 661. The summed E-state index contributed by atoms with van der Waals surface area (Å²) >= 11 is 0. The highest BCUT2D eigenvalue weighted by Gasteiger charge is 2.16. The summed E-state index contributed by atoms with van der Waals surface area (Å²) in [5.74, 6) is 0.